The maximum Gasteiger partial charge on any atom is 0.248 e. The normalized spacial score (nSPS) is 9.71. The van der Waals surface area contributed by atoms with Crippen molar-refractivity contribution in [2.24, 2.45) is 17.2 Å². The minimum atomic E-state index is -0.726. The monoisotopic (exact) mass is 236 g/mol. The molecule has 0 atom stereocenters. The summed E-state index contributed by atoms with van der Waals surface area (Å²) in [5.41, 5.74) is 15.7. The number of rotatable bonds is 4. The van der Waals surface area contributed by atoms with Gasteiger partial charge < -0.3 is 22.5 Å². The lowest BCUT2D eigenvalue weighted by Crippen LogP contribution is -2.23. The number of nitrogens with one attached hydrogen (secondary N) is 1. The van der Waals surface area contributed by atoms with E-state index in [0.717, 1.165) is 0 Å². The van der Waals surface area contributed by atoms with E-state index in [1.54, 1.807) is 0 Å². The molecular formula is C10H12N4O3. The minimum Gasteiger partial charge on any atom is -0.366 e. The van der Waals surface area contributed by atoms with Crippen LogP contribution in [0.4, 0.5) is 5.69 Å². The van der Waals surface area contributed by atoms with Gasteiger partial charge in [0.15, 0.2) is 0 Å². The smallest absolute Gasteiger partial charge is 0.248 e. The van der Waals surface area contributed by atoms with Gasteiger partial charge in [-0.1, -0.05) is 0 Å². The maximum absolute atomic E-state index is 11.1. The molecule has 0 spiro atoms. The molecule has 7 heteroatoms. The van der Waals surface area contributed by atoms with E-state index in [4.69, 9.17) is 17.2 Å². The molecule has 0 aliphatic carbocycles. The molecule has 3 amide bonds. The second kappa shape index (κ2) is 5.08. The number of hydrogen-bond acceptors (Lipinski definition) is 4. The lowest BCUT2D eigenvalue weighted by molar-refractivity contribution is -0.114. The first-order chi connectivity index (χ1) is 7.93. The van der Waals surface area contributed by atoms with Gasteiger partial charge in [-0.25, -0.2) is 0 Å². The molecule has 7 N–H and O–H groups in total. The van der Waals surface area contributed by atoms with Crippen molar-refractivity contribution >= 4 is 23.4 Å². The van der Waals surface area contributed by atoms with E-state index >= 15 is 0 Å². The topological polar surface area (TPSA) is 141 Å². The standard InChI is InChI=1S/C10H12N4O3/c11-4-8(15)14-7-2-5(9(12)16)1-6(3-7)10(13)17/h1-3H,4,11H2,(H2,12,16)(H2,13,17)(H,14,15). The Morgan fingerprint density at radius 2 is 1.47 bits per heavy atom. The molecule has 1 aromatic rings. The van der Waals surface area contributed by atoms with Crippen molar-refractivity contribution in [3.63, 3.8) is 0 Å². The predicted molar refractivity (Wildman–Crippen MR) is 61.2 cm³/mol. The Morgan fingerprint density at radius 1 is 1.00 bits per heavy atom. The third-order valence-electron chi connectivity index (χ3n) is 1.97. The fourth-order valence-corrected chi connectivity index (χ4v) is 1.20. The molecule has 0 bridgehead atoms. The molecule has 0 aliphatic rings. The Bertz CT molecular complexity index is 452. The molecule has 0 fully saturated rings. The number of nitrogens with two attached hydrogens (primary N) is 3. The summed E-state index contributed by atoms with van der Waals surface area (Å²) in [6.07, 6.45) is 0. The zero-order valence-corrected chi connectivity index (χ0v) is 8.90. The minimum absolute atomic E-state index is 0.0774. The average Bonchev–Trinajstić information content (AvgIpc) is 2.28. The molecule has 1 aromatic carbocycles. The van der Waals surface area contributed by atoms with Gasteiger partial charge in [-0.2, -0.15) is 0 Å². The van der Waals surface area contributed by atoms with Crippen molar-refractivity contribution in [2.45, 2.75) is 0 Å². The molecule has 0 saturated carbocycles. The van der Waals surface area contributed by atoms with Gasteiger partial charge in [0.05, 0.1) is 6.54 Å². The Morgan fingerprint density at radius 3 is 1.82 bits per heavy atom. The van der Waals surface area contributed by atoms with Gasteiger partial charge in [-0.05, 0) is 18.2 Å². The fourth-order valence-electron chi connectivity index (χ4n) is 1.20. The number of anilines is 1. The summed E-state index contributed by atoms with van der Waals surface area (Å²) in [6, 6.07) is 3.92. The van der Waals surface area contributed by atoms with Crippen molar-refractivity contribution in [3.8, 4) is 0 Å². The number of primary amides is 2. The molecule has 0 radical (unpaired) electrons. The highest BCUT2D eigenvalue weighted by Crippen LogP contribution is 2.14. The Balaban J connectivity index is 3.16. The van der Waals surface area contributed by atoms with E-state index in [-0.39, 0.29) is 23.4 Å². The predicted octanol–water partition coefficient (Wildman–Crippen LogP) is -1.22. The second-order valence-electron chi connectivity index (χ2n) is 3.28. The van der Waals surface area contributed by atoms with Crippen LogP contribution >= 0.6 is 0 Å². The Labute approximate surface area is 96.9 Å². The van der Waals surface area contributed by atoms with Crippen molar-refractivity contribution in [1.29, 1.82) is 0 Å². The maximum atomic E-state index is 11.1. The number of carbonyl (C=O) groups excluding carboxylic acids is 3. The van der Waals surface area contributed by atoms with Crippen LogP contribution in [-0.4, -0.2) is 24.3 Å². The summed E-state index contributed by atoms with van der Waals surface area (Å²) >= 11 is 0. The van der Waals surface area contributed by atoms with Gasteiger partial charge in [0, 0.05) is 16.8 Å². The quantitative estimate of drug-likeness (QED) is 0.519. The van der Waals surface area contributed by atoms with Gasteiger partial charge in [0.1, 0.15) is 0 Å². The molecule has 0 heterocycles. The first-order valence-corrected chi connectivity index (χ1v) is 4.68. The fraction of sp³-hybridized carbons (Fsp3) is 0.100. The first-order valence-electron chi connectivity index (χ1n) is 4.68. The van der Waals surface area contributed by atoms with Crippen molar-refractivity contribution in [2.75, 3.05) is 11.9 Å². The van der Waals surface area contributed by atoms with Crippen LogP contribution in [0.1, 0.15) is 20.7 Å². The van der Waals surface area contributed by atoms with Crippen LogP contribution in [0.25, 0.3) is 0 Å². The van der Waals surface area contributed by atoms with Gasteiger partial charge in [-0.3, -0.25) is 14.4 Å². The number of amides is 3. The zero-order chi connectivity index (χ0) is 13.0. The molecule has 7 nitrogen and oxygen atoms in total. The van der Waals surface area contributed by atoms with Crippen molar-refractivity contribution in [3.05, 3.63) is 29.3 Å². The van der Waals surface area contributed by atoms with Crippen molar-refractivity contribution < 1.29 is 14.4 Å². The summed E-state index contributed by atoms with van der Waals surface area (Å²) in [5, 5.41) is 2.40. The van der Waals surface area contributed by atoms with E-state index in [1.807, 2.05) is 0 Å². The third kappa shape index (κ3) is 3.28. The van der Waals surface area contributed by atoms with Crippen LogP contribution in [0.5, 0.6) is 0 Å². The molecule has 0 saturated heterocycles. The SMILES string of the molecule is NCC(=O)Nc1cc(C(N)=O)cc(C(N)=O)c1. The van der Waals surface area contributed by atoms with E-state index in [2.05, 4.69) is 5.32 Å². The molecule has 1 rings (SSSR count). The summed E-state index contributed by atoms with van der Waals surface area (Å²) < 4.78 is 0. The summed E-state index contributed by atoms with van der Waals surface area (Å²) in [6.45, 7) is -0.216. The van der Waals surface area contributed by atoms with Crippen LogP contribution in [0.15, 0.2) is 18.2 Å². The second-order valence-corrected chi connectivity index (χ2v) is 3.28. The number of hydrogen-bond donors (Lipinski definition) is 4. The molecular weight excluding hydrogens is 224 g/mol. The summed E-state index contributed by atoms with van der Waals surface area (Å²) in [7, 11) is 0. The van der Waals surface area contributed by atoms with E-state index in [0.29, 0.717) is 0 Å². The largest absolute Gasteiger partial charge is 0.366 e. The molecule has 0 unspecified atom stereocenters. The number of carbonyl (C=O) groups is 3. The van der Waals surface area contributed by atoms with Gasteiger partial charge in [0.2, 0.25) is 17.7 Å². The van der Waals surface area contributed by atoms with Crippen LogP contribution in [0, 0.1) is 0 Å². The molecule has 90 valence electrons. The van der Waals surface area contributed by atoms with E-state index in [9.17, 15) is 14.4 Å². The lowest BCUT2D eigenvalue weighted by atomic mass is 10.1. The average molecular weight is 236 g/mol. The highest BCUT2D eigenvalue weighted by molar-refractivity contribution is 6.01. The van der Waals surface area contributed by atoms with Gasteiger partial charge in [-0.15, -0.1) is 0 Å². The van der Waals surface area contributed by atoms with E-state index in [1.165, 1.54) is 18.2 Å². The van der Waals surface area contributed by atoms with Crippen LogP contribution in [0.2, 0.25) is 0 Å². The van der Waals surface area contributed by atoms with Crippen LogP contribution < -0.4 is 22.5 Å². The summed E-state index contributed by atoms with van der Waals surface area (Å²) in [4.78, 5) is 33.1. The van der Waals surface area contributed by atoms with Gasteiger partial charge in [0.25, 0.3) is 0 Å². The van der Waals surface area contributed by atoms with Crippen molar-refractivity contribution in [1.82, 2.24) is 0 Å². The lowest BCUT2D eigenvalue weighted by Gasteiger charge is -2.07. The Kier molecular flexibility index (Phi) is 3.78. The number of benzene rings is 1. The van der Waals surface area contributed by atoms with Crippen LogP contribution in [-0.2, 0) is 4.79 Å². The van der Waals surface area contributed by atoms with E-state index < -0.39 is 17.7 Å². The highest BCUT2D eigenvalue weighted by Gasteiger charge is 2.10. The molecule has 0 aliphatic heterocycles. The first kappa shape index (κ1) is 12.7. The zero-order valence-electron chi connectivity index (χ0n) is 8.90. The Hall–Kier alpha value is -2.41. The van der Waals surface area contributed by atoms with Gasteiger partial charge >= 0.3 is 0 Å². The van der Waals surface area contributed by atoms with Crippen LogP contribution in [0.3, 0.4) is 0 Å². The third-order valence-corrected chi connectivity index (χ3v) is 1.97. The summed E-state index contributed by atoms with van der Waals surface area (Å²) in [5.74, 6) is -1.91. The molecule has 17 heavy (non-hydrogen) atoms. The highest BCUT2D eigenvalue weighted by atomic mass is 16.2. The molecule has 0 aromatic heterocycles.